The minimum atomic E-state index is -0.292. The zero-order chi connectivity index (χ0) is 19.6. The van der Waals surface area contributed by atoms with Gasteiger partial charge in [0.25, 0.3) is 5.91 Å². The van der Waals surface area contributed by atoms with E-state index in [-0.39, 0.29) is 11.7 Å². The van der Waals surface area contributed by atoms with E-state index in [2.05, 4.69) is 29.2 Å². The molecule has 2 atom stereocenters. The summed E-state index contributed by atoms with van der Waals surface area (Å²) in [6.45, 7) is 12.0. The van der Waals surface area contributed by atoms with Crippen LogP contribution in [0.3, 0.4) is 0 Å². The highest BCUT2D eigenvalue weighted by molar-refractivity contribution is 5.96. The quantitative estimate of drug-likeness (QED) is 0.876. The van der Waals surface area contributed by atoms with Crippen molar-refractivity contribution in [2.45, 2.75) is 34.1 Å². The first-order valence-electron chi connectivity index (χ1n) is 9.68. The van der Waals surface area contributed by atoms with Gasteiger partial charge in [-0.25, -0.2) is 9.07 Å². The van der Waals surface area contributed by atoms with Crippen LogP contribution in [0, 0.1) is 31.5 Å². The number of hydrogen-bond acceptors (Lipinski definition) is 3. The molecule has 1 fully saturated rings. The van der Waals surface area contributed by atoms with E-state index >= 15 is 0 Å². The summed E-state index contributed by atoms with van der Waals surface area (Å²) in [5.74, 6) is 1.03. The Morgan fingerprint density at radius 2 is 1.81 bits per heavy atom. The number of carbonyl (C=O) groups excluding carboxylic acids is 1. The smallest absolute Gasteiger partial charge is 0.255 e. The van der Waals surface area contributed by atoms with Crippen LogP contribution in [0.4, 0.5) is 4.39 Å². The van der Waals surface area contributed by atoms with Crippen LogP contribution in [-0.4, -0.2) is 46.8 Å². The number of benzene rings is 1. The van der Waals surface area contributed by atoms with E-state index in [1.165, 1.54) is 18.6 Å². The van der Waals surface area contributed by atoms with E-state index in [0.29, 0.717) is 29.6 Å². The van der Waals surface area contributed by atoms with Crippen molar-refractivity contribution in [1.82, 2.24) is 20.0 Å². The largest absolute Gasteiger partial charge is 0.351 e. The summed E-state index contributed by atoms with van der Waals surface area (Å²) in [6.07, 6.45) is 1.28. The predicted octanol–water partition coefficient (Wildman–Crippen LogP) is 3.34. The summed E-state index contributed by atoms with van der Waals surface area (Å²) in [7, 11) is 0. The fraction of sp³-hybridized carbons (Fsp3) is 0.524. The van der Waals surface area contributed by atoms with E-state index in [0.717, 1.165) is 31.0 Å². The van der Waals surface area contributed by atoms with Crippen molar-refractivity contribution in [2.75, 3.05) is 26.2 Å². The second-order valence-corrected chi connectivity index (χ2v) is 7.90. The van der Waals surface area contributed by atoms with Gasteiger partial charge >= 0.3 is 0 Å². The Kier molecular flexibility index (Phi) is 5.95. The van der Waals surface area contributed by atoms with E-state index in [1.807, 2.05) is 13.8 Å². The first kappa shape index (κ1) is 19.5. The van der Waals surface area contributed by atoms with Crippen molar-refractivity contribution >= 4 is 5.91 Å². The number of nitrogens with zero attached hydrogens (tertiary/aromatic N) is 3. The molecule has 2 heterocycles. The summed E-state index contributed by atoms with van der Waals surface area (Å²) in [4.78, 5) is 15.1. The van der Waals surface area contributed by atoms with Gasteiger partial charge in [0.2, 0.25) is 0 Å². The fourth-order valence-corrected chi connectivity index (χ4v) is 4.20. The first-order valence-corrected chi connectivity index (χ1v) is 9.68. The molecule has 6 heteroatoms. The van der Waals surface area contributed by atoms with Crippen molar-refractivity contribution in [2.24, 2.45) is 11.8 Å². The van der Waals surface area contributed by atoms with Crippen LogP contribution in [0.1, 0.15) is 42.0 Å². The van der Waals surface area contributed by atoms with Gasteiger partial charge in [0.05, 0.1) is 22.6 Å². The third-order valence-electron chi connectivity index (χ3n) is 5.25. The topological polar surface area (TPSA) is 50.2 Å². The van der Waals surface area contributed by atoms with Crippen molar-refractivity contribution in [3.63, 3.8) is 0 Å². The van der Waals surface area contributed by atoms with Crippen molar-refractivity contribution < 1.29 is 9.18 Å². The van der Waals surface area contributed by atoms with E-state index in [1.54, 1.807) is 16.8 Å². The summed E-state index contributed by atoms with van der Waals surface area (Å²) < 4.78 is 14.9. The third-order valence-corrected chi connectivity index (χ3v) is 5.25. The number of piperidine rings is 1. The first-order chi connectivity index (χ1) is 12.8. The van der Waals surface area contributed by atoms with E-state index in [9.17, 15) is 9.18 Å². The normalized spacial score (nSPS) is 20.6. The average Bonchev–Trinajstić information content (AvgIpc) is 2.89. The van der Waals surface area contributed by atoms with Gasteiger partial charge in [0.1, 0.15) is 5.82 Å². The van der Waals surface area contributed by atoms with Crippen molar-refractivity contribution in [3.8, 4) is 5.69 Å². The number of aryl methyl sites for hydroxylation is 1. The molecule has 1 aliphatic heterocycles. The number of hydrogen-bond donors (Lipinski definition) is 1. The number of nitrogens with one attached hydrogen (secondary N) is 1. The molecule has 1 aromatic heterocycles. The molecular weight excluding hydrogens is 343 g/mol. The molecule has 0 aliphatic carbocycles. The van der Waals surface area contributed by atoms with Gasteiger partial charge in [0, 0.05) is 26.2 Å². The van der Waals surface area contributed by atoms with Gasteiger partial charge in [-0.05, 0) is 56.4 Å². The van der Waals surface area contributed by atoms with Gasteiger partial charge < -0.3 is 10.2 Å². The molecule has 2 aromatic rings. The zero-order valence-corrected chi connectivity index (χ0v) is 16.6. The van der Waals surface area contributed by atoms with Gasteiger partial charge in [-0.15, -0.1) is 0 Å². The minimum Gasteiger partial charge on any atom is -0.351 e. The molecule has 1 N–H and O–H groups in total. The lowest BCUT2D eigenvalue weighted by Crippen LogP contribution is -2.43. The molecule has 1 amide bonds. The van der Waals surface area contributed by atoms with E-state index < -0.39 is 0 Å². The second kappa shape index (κ2) is 8.21. The van der Waals surface area contributed by atoms with Crippen LogP contribution in [0.5, 0.6) is 0 Å². The predicted molar refractivity (Wildman–Crippen MR) is 105 cm³/mol. The molecule has 3 rings (SSSR count). The van der Waals surface area contributed by atoms with Gasteiger partial charge in [-0.3, -0.25) is 4.79 Å². The molecule has 27 heavy (non-hydrogen) atoms. The summed E-state index contributed by atoms with van der Waals surface area (Å²) >= 11 is 0. The molecule has 0 bridgehead atoms. The van der Waals surface area contributed by atoms with Crippen LogP contribution in [0.15, 0.2) is 24.3 Å². The number of likely N-dealkylation sites (tertiary alicyclic amines) is 1. The Morgan fingerprint density at radius 3 is 2.44 bits per heavy atom. The molecule has 1 saturated heterocycles. The standard InChI is InChI=1S/C21H29FN4O/c1-14-11-15(2)13-25(12-14)10-9-23-21(27)20-16(3)24-26(17(20)4)19-7-5-18(22)6-8-19/h5-8,14-15H,9-13H2,1-4H3,(H,23,27). The van der Waals surface area contributed by atoms with Crippen LogP contribution < -0.4 is 5.32 Å². The zero-order valence-electron chi connectivity index (χ0n) is 16.6. The summed E-state index contributed by atoms with van der Waals surface area (Å²) in [5.41, 5.74) is 2.78. The maximum atomic E-state index is 13.2. The lowest BCUT2D eigenvalue weighted by Gasteiger charge is -2.34. The Morgan fingerprint density at radius 1 is 1.19 bits per heavy atom. The van der Waals surface area contributed by atoms with E-state index in [4.69, 9.17) is 0 Å². The Bertz CT molecular complexity index is 789. The number of carbonyl (C=O) groups is 1. The lowest BCUT2D eigenvalue weighted by molar-refractivity contribution is 0.0935. The fourth-order valence-electron chi connectivity index (χ4n) is 4.20. The molecule has 1 aromatic carbocycles. The summed E-state index contributed by atoms with van der Waals surface area (Å²) in [5, 5.41) is 7.51. The number of amides is 1. The number of aromatic nitrogens is 2. The number of rotatable bonds is 5. The van der Waals surface area contributed by atoms with Crippen LogP contribution in [0.25, 0.3) is 5.69 Å². The van der Waals surface area contributed by atoms with Crippen LogP contribution in [-0.2, 0) is 0 Å². The lowest BCUT2D eigenvalue weighted by atomic mass is 9.92. The molecule has 0 saturated carbocycles. The Hall–Kier alpha value is -2.21. The SMILES string of the molecule is Cc1nn(-c2ccc(F)cc2)c(C)c1C(=O)NCCN1CC(C)CC(C)C1. The van der Waals surface area contributed by atoms with Crippen molar-refractivity contribution in [3.05, 3.63) is 47.0 Å². The highest BCUT2D eigenvalue weighted by Crippen LogP contribution is 2.21. The molecule has 1 aliphatic rings. The third kappa shape index (κ3) is 4.56. The van der Waals surface area contributed by atoms with Crippen molar-refractivity contribution in [1.29, 1.82) is 0 Å². The Labute approximate surface area is 160 Å². The summed E-state index contributed by atoms with van der Waals surface area (Å²) in [6, 6.07) is 6.11. The highest BCUT2D eigenvalue weighted by Gasteiger charge is 2.22. The highest BCUT2D eigenvalue weighted by atomic mass is 19.1. The minimum absolute atomic E-state index is 0.100. The van der Waals surface area contributed by atoms with Gasteiger partial charge in [0.15, 0.2) is 0 Å². The van der Waals surface area contributed by atoms with Crippen LogP contribution >= 0.6 is 0 Å². The maximum absolute atomic E-state index is 13.2. The monoisotopic (exact) mass is 372 g/mol. The molecule has 146 valence electrons. The van der Waals surface area contributed by atoms with Crippen LogP contribution in [0.2, 0.25) is 0 Å². The average molecular weight is 372 g/mol. The molecular formula is C21H29FN4O. The van der Waals surface area contributed by atoms with Gasteiger partial charge in [-0.2, -0.15) is 5.10 Å². The molecule has 2 unspecified atom stereocenters. The molecule has 5 nitrogen and oxygen atoms in total. The Balaban J connectivity index is 1.64. The second-order valence-electron chi connectivity index (χ2n) is 7.90. The maximum Gasteiger partial charge on any atom is 0.255 e. The molecule has 0 spiro atoms. The molecule has 0 radical (unpaired) electrons. The number of halogens is 1. The van der Waals surface area contributed by atoms with Gasteiger partial charge in [-0.1, -0.05) is 13.8 Å².